The standard InChI is InChI=1S/C12H14O4/c1-8(6-11(13)14)12(15)9-4-3-5-10(7-9)16-2/h3-7,12,15H,1-2H3,(H,13,14)/b8-6+. The molecule has 4 nitrogen and oxygen atoms in total. The Kier molecular flexibility index (Phi) is 4.08. The van der Waals surface area contributed by atoms with Gasteiger partial charge in [-0.3, -0.25) is 0 Å². The molecule has 1 aromatic rings. The lowest BCUT2D eigenvalue weighted by Gasteiger charge is -2.12. The van der Waals surface area contributed by atoms with Crippen molar-refractivity contribution in [1.82, 2.24) is 0 Å². The summed E-state index contributed by atoms with van der Waals surface area (Å²) in [7, 11) is 1.53. The van der Waals surface area contributed by atoms with Gasteiger partial charge in [0.05, 0.1) is 7.11 Å². The molecule has 0 bridgehead atoms. The highest BCUT2D eigenvalue weighted by atomic mass is 16.5. The smallest absolute Gasteiger partial charge is 0.328 e. The summed E-state index contributed by atoms with van der Waals surface area (Å²) >= 11 is 0. The highest BCUT2D eigenvalue weighted by molar-refractivity contribution is 5.80. The quantitative estimate of drug-likeness (QED) is 0.762. The van der Waals surface area contributed by atoms with Crippen LogP contribution in [-0.2, 0) is 4.79 Å². The minimum absolute atomic E-state index is 0.376. The topological polar surface area (TPSA) is 66.8 Å². The Labute approximate surface area is 93.8 Å². The molecule has 4 heteroatoms. The van der Waals surface area contributed by atoms with E-state index in [2.05, 4.69) is 0 Å². The van der Waals surface area contributed by atoms with E-state index in [0.29, 0.717) is 16.9 Å². The van der Waals surface area contributed by atoms with Crippen LogP contribution in [0.5, 0.6) is 5.75 Å². The van der Waals surface area contributed by atoms with Crippen molar-refractivity contribution in [3.63, 3.8) is 0 Å². The van der Waals surface area contributed by atoms with Crippen LogP contribution in [0, 0.1) is 0 Å². The molecule has 0 fully saturated rings. The molecule has 0 saturated carbocycles. The Morgan fingerprint density at radius 3 is 2.75 bits per heavy atom. The van der Waals surface area contributed by atoms with Gasteiger partial charge in [0.2, 0.25) is 0 Å². The predicted octanol–water partition coefficient (Wildman–Crippen LogP) is 1.76. The average Bonchev–Trinajstić information content (AvgIpc) is 2.27. The average molecular weight is 222 g/mol. The lowest BCUT2D eigenvalue weighted by atomic mass is 10.0. The lowest BCUT2D eigenvalue weighted by Crippen LogP contribution is -2.02. The van der Waals surface area contributed by atoms with Gasteiger partial charge in [0.25, 0.3) is 0 Å². The number of aliphatic hydroxyl groups excluding tert-OH is 1. The van der Waals surface area contributed by atoms with Crippen molar-refractivity contribution in [2.24, 2.45) is 0 Å². The van der Waals surface area contributed by atoms with Gasteiger partial charge in [-0.2, -0.15) is 0 Å². The van der Waals surface area contributed by atoms with Crippen LogP contribution >= 0.6 is 0 Å². The van der Waals surface area contributed by atoms with E-state index in [4.69, 9.17) is 9.84 Å². The first-order valence-corrected chi connectivity index (χ1v) is 4.77. The van der Waals surface area contributed by atoms with Gasteiger partial charge >= 0.3 is 5.97 Å². The van der Waals surface area contributed by atoms with Gasteiger partial charge in [0.1, 0.15) is 11.9 Å². The fourth-order valence-corrected chi connectivity index (χ4v) is 1.35. The van der Waals surface area contributed by atoms with Crippen molar-refractivity contribution < 1.29 is 19.7 Å². The molecule has 2 N–H and O–H groups in total. The van der Waals surface area contributed by atoms with Crippen LogP contribution in [0.15, 0.2) is 35.9 Å². The molecule has 0 aromatic heterocycles. The summed E-state index contributed by atoms with van der Waals surface area (Å²) in [5.74, 6) is -0.445. The van der Waals surface area contributed by atoms with Gasteiger partial charge < -0.3 is 14.9 Å². The summed E-state index contributed by atoms with van der Waals surface area (Å²) in [6.45, 7) is 1.57. The third-order valence-electron chi connectivity index (χ3n) is 2.19. The zero-order chi connectivity index (χ0) is 12.1. The normalized spacial score (nSPS) is 13.3. The van der Waals surface area contributed by atoms with Gasteiger partial charge in [0, 0.05) is 6.08 Å². The molecule has 0 amide bonds. The molecule has 1 aromatic carbocycles. The van der Waals surface area contributed by atoms with Crippen LogP contribution < -0.4 is 4.74 Å². The zero-order valence-corrected chi connectivity index (χ0v) is 9.18. The first kappa shape index (κ1) is 12.3. The molecule has 0 spiro atoms. The first-order chi connectivity index (χ1) is 7.54. The number of methoxy groups -OCH3 is 1. The highest BCUT2D eigenvalue weighted by Gasteiger charge is 2.11. The van der Waals surface area contributed by atoms with Crippen molar-refractivity contribution in [1.29, 1.82) is 0 Å². The number of benzene rings is 1. The maximum Gasteiger partial charge on any atom is 0.328 e. The number of aliphatic carboxylic acids is 1. The van der Waals surface area contributed by atoms with Crippen molar-refractivity contribution in [2.75, 3.05) is 7.11 Å². The molecule has 1 atom stereocenters. The monoisotopic (exact) mass is 222 g/mol. The van der Waals surface area contributed by atoms with Crippen LogP contribution in [-0.4, -0.2) is 23.3 Å². The summed E-state index contributed by atoms with van der Waals surface area (Å²) in [6, 6.07) is 6.88. The third kappa shape index (κ3) is 3.10. The number of hydrogen-bond acceptors (Lipinski definition) is 3. The summed E-state index contributed by atoms with van der Waals surface area (Å²) < 4.78 is 5.02. The first-order valence-electron chi connectivity index (χ1n) is 4.77. The van der Waals surface area contributed by atoms with Gasteiger partial charge in [0.15, 0.2) is 0 Å². The molecule has 0 saturated heterocycles. The number of rotatable bonds is 4. The van der Waals surface area contributed by atoms with Crippen LogP contribution in [0.4, 0.5) is 0 Å². The number of hydrogen-bond donors (Lipinski definition) is 2. The van der Waals surface area contributed by atoms with E-state index in [1.54, 1.807) is 31.2 Å². The Balaban J connectivity index is 2.95. The Morgan fingerprint density at radius 1 is 1.50 bits per heavy atom. The Hall–Kier alpha value is -1.81. The van der Waals surface area contributed by atoms with E-state index < -0.39 is 12.1 Å². The van der Waals surface area contributed by atoms with Gasteiger partial charge in [-0.1, -0.05) is 12.1 Å². The zero-order valence-electron chi connectivity index (χ0n) is 9.18. The fraction of sp³-hybridized carbons (Fsp3) is 0.250. The van der Waals surface area contributed by atoms with Crippen molar-refractivity contribution in [3.05, 3.63) is 41.5 Å². The highest BCUT2D eigenvalue weighted by Crippen LogP contribution is 2.24. The SMILES string of the molecule is COc1cccc(C(O)/C(C)=C/C(=O)O)c1. The van der Waals surface area contributed by atoms with E-state index in [1.165, 1.54) is 7.11 Å². The number of ether oxygens (including phenoxy) is 1. The van der Waals surface area contributed by atoms with E-state index in [9.17, 15) is 9.90 Å². The van der Waals surface area contributed by atoms with Crippen LogP contribution in [0.25, 0.3) is 0 Å². The molecular formula is C12H14O4. The van der Waals surface area contributed by atoms with Crippen molar-refractivity contribution in [3.8, 4) is 5.75 Å². The summed E-state index contributed by atoms with van der Waals surface area (Å²) in [6.07, 6.45) is 0.0654. The van der Waals surface area contributed by atoms with E-state index in [0.717, 1.165) is 6.08 Å². The van der Waals surface area contributed by atoms with E-state index >= 15 is 0 Å². The van der Waals surface area contributed by atoms with Crippen molar-refractivity contribution >= 4 is 5.97 Å². The number of carboxylic acid groups (broad SMARTS) is 1. The summed E-state index contributed by atoms with van der Waals surface area (Å²) in [5, 5.41) is 18.4. The lowest BCUT2D eigenvalue weighted by molar-refractivity contribution is -0.131. The van der Waals surface area contributed by atoms with Crippen molar-refractivity contribution in [2.45, 2.75) is 13.0 Å². The second-order valence-corrected chi connectivity index (χ2v) is 3.41. The molecule has 0 aliphatic rings. The number of carbonyl (C=O) groups is 1. The molecule has 0 aliphatic heterocycles. The van der Waals surface area contributed by atoms with Crippen LogP contribution in [0.1, 0.15) is 18.6 Å². The molecule has 0 heterocycles. The maximum absolute atomic E-state index is 10.5. The molecule has 16 heavy (non-hydrogen) atoms. The Morgan fingerprint density at radius 2 is 2.19 bits per heavy atom. The van der Waals surface area contributed by atoms with E-state index in [-0.39, 0.29) is 0 Å². The third-order valence-corrected chi connectivity index (χ3v) is 2.19. The summed E-state index contributed by atoms with van der Waals surface area (Å²) in [4.78, 5) is 10.5. The maximum atomic E-state index is 10.5. The Bertz CT molecular complexity index is 409. The van der Waals surface area contributed by atoms with Gasteiger partial charge in [-0.15, -0.1) is 0 Å². The molecule has 0 radical (unpaired) electrons. The van der Waals surface area contributed by atoms with Crippen LogP contribution in [0.2, 0.25) is 0 Å². The number of aliphatic hydroxyl groups is 1. The minimum atomic E-state index is -1.07. The predicted molar refractivity (Wildman–Crippen MR) is 59.3 cm³/mol. The molecule has 0 aliphatic carbocycles. The number of carboxylic acids is 1. The van der Waals surface area contributed by atoms with Crippen LogP contribution in [0.3, 0.4) is 0 Å². The second kappa shape index (κ2) is 5.32. The fourth-order valence-electron chi connectivity index (χ4n) is 1.35. The molecule has 86 valence electrons. The van der Waals surface area contributed by atoms with Gasteiger partial charge in [-0.05, 0) is 30.2 Å². The second-order valence-electron chi connectivity index (χ2n) is 3.41. The molecule has 1 unspecified atom stereocenters. The molecular weight excluding hydrogens is 208 g/mol. The summed E-state index contributed by atoms with van der Waals surface area (Å²) in [5.41, 5.74) is 0.982. The largest absolute Gasteiger partial charge is 0.497 e. The molecule has 1 rings (SSSR count). The van der Waals surface area contributed by atoms with E-state index in [1.807, 2.05) is 0 Å². The minimum Gasteiger partial charge on any atom is -0.497 e. The van der Waals surface area contributed by atoms with Gasteiger partial charge in [-0.25, -0.2) is 4.79 Å².